The highest BCUT2D eigenvalue weighted by Gasteiger charge is 2.14. The number of alkyl halides is 2. The number of fused-ring (bicyclic) bond motifs is 1. The van der Waals surface area contributed by atoms with Gasteiger partial charge in [0.15, 0.2) is 0 Å². The Morgan fingerprint density at radius 3 is 2.75 bits per heavy atom. The van der Waals surface area contributed by atoms with Crippen LogP contribution in [0.25, 0.3) is 11.0 Å². The summed E-state index contributed by atoms with van der Waals surface area (Å²) < 4.78 is 39.1. The molecule has 16 heavy (non-hydrogen) atoms. The summed E-state index contributed by atoms with van der Waals surface area (Å²) in [5.41, 5.74) is 6.13. The molecule has 0 amide bonds. The zero-order valence-corrected chi connectivity index (χ0v) is 9.51. The molecule has 1 heterocycles. The number of hydrogen-bond donors (Lipinski definition) is 1. The lowest BCUT2D eigenvalue weighted by molar-refractivity contribution is 0.128. The Kier molecular flexibility index (Phi) is 2.79. The second-order valence-corrected chi connectivity index (χ2v) is 4.08. The number of nitrogens with two attached hydrogens (primary N) is 1. The fourth-order valence-corrected chi connectivity index (χ4v) is 1.80. The molecule has 0 aliphatic heterocycles. The number of nitrogens with zero attached hydrogens (tertiary/aromatic N) is 2. The van der Waals surface area contributed by atoms with Crippen molar-refractivity contribution in [3.05, 3.63) is 22.4 Å². The summed E-state index contributed by atoms with van der Waals surface area (Å²) in [5.74, 6) is -0.554. The van der Waals surface area contributed by atoms with Crippen LogP contribution in [-0.4, -0.2) is 16.0 Å². The minimum Gasteiger partial charge on any atom is -0.369 e. The average molecular weight is 294 g/mol. The number of imidazole rings is 1. The van der Waals surface area contributed by atoms with Gasteiger partial charge in [-0.05, 0) is 22.0 Å². The molecule has 0 unspecified atom stereocenters. The summed E-state index contributed by atoms with van der Waals surface area (Å²) in [5, 5.41) is 0. The van der Waals surface area contributed by atoms with E-state index in [4.69, 9.17) is 5.73 Å². The van der Waals surface area contributed by atoms with Gasteiger partial charge in [0, 0.05) is 6.07 Å². The summed E-state index contributed by atoms with van der Waals surface area (Å²) in [6.07, 6.45) is -2.54. The van der Waals surface area contributed by atoms with Gasteiger partial charge < -0.3 is 10.3 Å². The molecule has 0 radical (unpaired) electrons. The van der Waals surface area contributed by atoms with Crippen LogP contribution < -0.4 is 5.73 Å². The summed E-state index contributed by atoms with van der Waals surface area (Å²) in [4.78, 5) is 3.81. The molecule has 0 fully saturated rings. The summed E-state index contributed by atoms with van der Waals surface area (Å²) >= 11 is 2.98. The average Bonchev–Trinajstić information content (AvgIpc) is 2.45. The molecular formula is C9H7BrF3N3. The molecule has 7 heteroatoms. The number of aromatic nitrogens is 2. The first-order valence-corrected chi connectivity index (χ1v) is 5.17. The van der Waals surface area contributed by atoms with Crippen LogP contribution in [-0.2, 0) is 6.54 Å². The zero-order chi connectivity index (χ0) is 11.9. The van der Waals surface area contributed by atoms with Crippen molar-refractivity contribution in [2.45, 2.75) is 13.0 Å². The Morgan fingerprint density at radius 2 is 2.12 bits per heavy atom. The minimum atomic E-state index is -2.54. The van der Waals surface area contributed by atoms with Crippen molar-refractivity contribution in [2.24, 2.45) is 0 Å². The van der Waals surface area contributed by atoms with Crippen molar-refractivity contribution in [2.75, 3.05) is 5.73 Å². The van der Waals surface area contributed by atoms with Crippen molar-refractivity contribution in [3.63, 3.8) is 0 Å². The van der Waals surface area contributed by atoms with Gasteiger partial charge in [-0.25, -0.2) is 18.2 Å². The standard InChI is InChI=1S/C9H7BrF3N3/c10-4-1-7-6(2-5(4)11)15-9(14)16(7)3-8(12)13/h1-2,8H,3H2,(H2,14,15). The lowest BCUT2D eigenvalue weighted by Gasteiger charge is -2.05. The molecule has 1 aromatic heterocycles. The molecule has 0 aliphatic rings. The number of nitrogen functional groups attached to an aromatic ring is 1. The van der Waals surface area contributed by atoms with E-state index in [2.05, 4.69) is 20.9 Å². The zero-order valence-electron chi connectivity index (χ0n) is 7.92. The number of hydrogen-bond acceptors (Lipinski definition) is 2. The topological polar surface area (TPSA) is 43.8 Å². The van der Waals surface area contributed by atoms with Crippen LogP contribution in [0.15, 0.2) is 16.6 Å². The van der Waals surface area contributed by atoms with Gasteiger partial charge in [-0.15, -0.1) is 0 Å². The highest BCUT2D eigenvalue weighted by Crippen LogP contribution is 2.25. The molecule has 0 saturated carbocycles. The Bertz CT molecular complexity index is 538. The summed E-state index contributed by atoms with van der Waals surface area (Å²) in [6.45, 7) is -0.555. The lowest BCUT2D eigenvalue weighted by atomic mass is 10.3. The quantitative estimate of drug-likeness (QED) is 0.925. The van der Waals surface area contributed by atoms with E-state index >= 15 is 0 Å². The highest BCUT2D eigenvalue weighted by atomic mass is 79.9. The normalized spacial score (nSPS) is 11.6. The SMILES string of the molecule is Nc1nc2cc(F)c(Br)cc2n1CC(F)F. The fourth-order valence-electron chi connectivity index (χ4n) is 1.47. The Morgan fingerprint density at radius 1 is 1.44 bits per heavy atom. The second-order valence-electron chi connectivity index (χ2n) is 3.23. The van der Waals surface area contributed by atoms with Crippen molar-refractivity contribution in [1.82, 2.24) is 9.55 Å². The number of rotatable bonds is 2. The third-order valence-electron chi connectivity index (χ3n) is 2.14. The minimum absolute atomic E-state index is 0.0483. The third kappa shape index (κ3) is 1.87. The van der Waals surface area contributed by atoms with Gasteiger partial charge in [0.25, 0.3) is 6.43 Å². The second kappa shape index (κ2) is 3.97. The van der Waals surface area contributed by atoms with E-state index in [0.29, 0.717) is 5.52 Å². The number of benzene rings is 1. The van der Waals surface area contributed by atoms with Crippen LogP contribution in [0.2, 0.25) is 0 Å². The first-order chi connectivity index (χ1) is 7.49. The largest absolute Gasteiger partial charge is 0.369 e. The van der Waals surface area contributed by atoms with E-state index in [1.54, 1.807) is 0 Å². The molecule has 86 valence electrons. The molecule has 2 rings (SSSR count). The van der Waals surface area contributed by atoms with Crippen LogP contribution in [0.5, 0.6) is 0 Å². The maximum atomic E-state index is 13.2. The van der Waals surface area contributed by atoms with E-state index < -0.39 is 18.8 Å². The van der Waals surface area contributed by atoms with Crippen molar-refractivity contribution in [3.8, 4) is 0 Å². The smallest absolute Gasteiger partial charge is 0.256 e. The molecule has 2 aromatic rings. The van der Waals surface area contributed by atoms with Gasteiger partial charge in [0.1, 0.15) is 5.82 Å². The Hall–Kier alpha value is -1.24. The molecule has 0 aliphatic carbocycles. The third-order valence-corrected chi connectivity index (χ3v) is 2.75. The van der Waals surface area contributed by atoms with Crippen molar-refractivity contribution in [1.29, 1.82) is 0 Å². The highest BCUT2D eigenvalue weighted by molar-refractivity contribution is 9.10. The van der Waals surface area contributed by atoms with Crippen LogP contribution in [0.4, 0.5) is 19.1 Å². The summed E-state index contributed by atoms with van der Waals surface area (Å²) in [6, 6.07) is 2.54. The molecule has 3 nitrogen and oxygen atoms in total. The maximum Gasteiger partial charge on any atom is 0.256 e. The number of anilines is 1. The van der Waals surface area contributed by atoms with E-state index in [1.807, 2.05) is 0 Å². The van der Waals surface area contributed by atoms with Crippen molar-refractivity contribution >= 4 is 32.9 Å². The molecule has 0 spiro atoms. The van der Waals surface area contributed by atoms with Crippen LogP contribution in [0.3, 0.4) is 0 Å². The van der Waals surface area contributed by atoms with Gasteiger partial charge in [-0.3, -0.25) is 0 Å². The van der Waals surface area contributed by atoms with E-state index in [0.717, 1.165) is 10.6 Å². The predicted octanol–water partition coefficient (Wildman–Crippen LogP) is 2.79. The molecule has 0 atom stereocenters. The monoisotopic (exact) mass is 293 g/mol. The number of halogens is 4. The van der Waals surface area contributed by atoms with Gasteiger partial charge in [-0.2, -0.15) is 0 Å². The first-order valence-electron chi connectivity index (χ1n) is 4.38. The van der Waals surface area contributed by atoms with E-state index in [1.165, 1.54) is 6.07 Å². The van der Waals surface area contributed by atoms with Crippen LogP contribution in [0.1, 0.15) is 0 Å². The van der Waals surface area contributed by atoms with Crippen LogP contribution in [0, 0.1) is 5.82 Å². The van der Waals surface area contributed by atoms with Gasteiger partial charge in [0.05, 0.1) is 22.1 Å². The van der Waals surface area contributed by atoms with E-state index in [-0.39, 0.29) is 15.9 Å². The van der Waals surface area contributed by atoms with Gasteiger partial charge in [0.2, 0.25) is 5.95 Å². The molecular weight excluding hydrogens is 287 g/mol. The Labute approximate surface area is 97.2 Å². The Balaban J connectivity index is 2.64. The van der Waals surface area contributed by atoms with Gasteiger partial charge >= 0.3 is 0 Å². The summed E-state index contributed by atoms with van der Waals surface area (Å²) in [7, 11) is 0. The predicted molar refractivity (Wildman–Crippen MR) is 57.8 cm³/mol. The first kappa shape index (κ1) is 11.3. The van der Waals surface area contributed by atoms with Gasteiger partial charge in [-0.1, -0.05) is 0 Å². The van der Waals surface area contributed by atoms with Crippen molar-refractivity contribution < 1.29 is 13.2 Å². The van der Waals surface area contributed by atoms with E-state index in [9.17, 15) is 13.2 Å². The lowest BCUT2D eigenvalue weighted by Crippen LogP contribution is -2.09. The fraction of sp³-hybridized carbons (Fsp3) is 0.222. The van der Waals surface area contributed by atoms with Crippen LogP contribution >= 0.6 is 15.9 Å². The maximum absolute atomic E-state index is 13.2. The molecule has 2 N–H and O–H groups in total. The molecule has 0 saturated heterocycles. The molecule has 0 bridgehead atoms. The molecule has 1 aromatic carbocycles.